The zero-order valence-corrected chi connectivity index (χ0v) is 19.0. The van der Waals surface area contributed by atoms with E-state index in [0.717, 1.165) is 17.8 Å². The maximum absolute atomic E-state index is 5.10. The van der Waals surface area contributed by atoms with Gasteiger partial charge in [-0.25, -0.2) is 4.99 Å². The molecule has 0 fully saturated rings. The first-order valence-electron chi connectivity index (χ1n) is 12.3. The first kappa shape index (κ1) is 21.6. The zero-order chi connectivity index (χ0) is 21.3. The van der Waals surface area contributed by atoms with Crippen LogP contribution in [0.1, 0.15) is 82.3 Å². The molecule has 0 aliphatic carbocycles. The molecule has 162 valence electrons. The smallest absolute Gasteiger partial charge is 0.138 e. The SMILES string of the molecule is CCCCCCCCCCCCc1ccc2cccc3c2c1N=C(c1ccccc1)N3. The van der Waals surface area contributed by atoms with Crippen LogP contribution in [-0.2, 0) is 6.42 Å². The van der Waals surface area contributed by atoms with Crippen molar-refractivity contribution < 1.29 is 0 Å². The number of anilines is 1. The van der Waals surface area contributed by atoms with E-state index in [0.29, 0.717) is 0 Å². The zero-order valence-electron chi connectivity index (χ0n) is 19.0. The van der Waals surface area contributed by atoms with Gasteiger partial charge in [-0.3, -0.25) is 0 Å². The number of unbranched alkanes of at least 4 members (excludes halogenated alkanes) is 9. The molecule has 0 atom stereocenters. The summed E-state index contributed by atoms with van der Waals surface area (Å²) in [5, 5.41) is 6.10. The Morgan fingerprint density at radius 3 is 2.13 bits per heavy atom. The molecule has 0 amide bonds. The third kappa shape index (κ3) is 5.55. The van der Waals surface area contributed by atoms with Crippen LogP contribution < -0.4 is 5.32 Å². The van der Waals surface area contributed by atoms with Crippen LogP contribution in [0.3, 0.4) is 0 Å². The normalized spacial score (nSPS) is 12.6. The molecule has 0 spiro atoms. The summed E-state index contributed by atoms with van der Waals surface area (Å²) >= 11 is 0. The van der Waals surface area contributed by atoms with Gasteiger partial charge in [-0.05, 0) is 29.9 Å². The summed E-state index contributed by atoms with van der Waals surface area (Å²) in [7, 11) is 0. The van der Waals surface area contributed by atoms with Crippen molar-refractivity contribution in [2.75, 3.05) is 5.32 Å². The lowest BCUT2D eigenvalue weighted by atomic mass is 9.96. The molecule has 2 heteroatoms. The monoisotopic (exact) mass is 412 g/mol. The molecule has 0 bridgehead atoms. The number of benzene rings is 3. The highest BCUT2D eigenvalue weighted by Crippen LogP contribution is 2.39. The second kappa shape index (κ2) is 11.1. The van der Waals surface area contributed by atoms with Crippen LogP contribution in [0, 0.1) is 0 Å². The van der Waals surface area contributed by atoms with Crippen LogP contribution in [-0.4, -0.2) is 5.84 Å². The van der Waals surface area contributed by atoms with Crippen LogP contribution in [0.15, 0.2) is 65.7 Å². The van der Waals surface area contributed by atoms with Crippen LogP contribution in [0.4, 0.5) is 11.4 Å². The third-order valence-electron chi connectivity index (χ3n) is 6.43. The average molecular weight is 413 g/mol. The Morgan fingerprint density at radius 2 is 1.39 bits per heavy atom. The summed E-state index contributed by atoms with van der Waals surface area (Å²) in [6.07, 6.45) is 14.8. The molecule has 31 heavy (non-hydrogen) atoms. The maximum atomic E-state index is 5.10. The first-order valence-corrected chi connectivity index (χ1v) is 12.3. The molecule has 4 rings (SSSR count). The van der Waals surface area contributed by atoms with Gasteiger partial charge in [0.2, 0.25) is 0 Å². The van der Waals surface area contributed by atoms with E-state index in [1.165, 1.54) is 91.9 Å². The fraction of sp³-hybridized carbons (Fsp3) is 0.414. The molecule has 2 nitrogen and oxygen atoms in total. The summed E-state index contributed by atoms with van der Waals surface area (Å²) in [6.45, 7) is 2.29. The topological polar surface area (TPSA) is 24.4 Å². The second-order valence-electron chi connectivity index (χ2n) is 8.86. The molecule has 0 radical (unpaired) electrons. The van der Waals surface area contributed by atoms with Gasteiger partial charge in [0.25, 0.3) is 0 Å². The molecule has 3 aromatic rings. The number of nitrogens with one attached hydrogen (secondary N) is 1. The predicted molar refractivity (Wildman–Crippen MR) is 136 cm³/mol. The van der Waals surface area contributed by atoms with Gasteiger partial charge in [0.05, 0.1) is 5.69 Å². The van der Waals surface area contributed by atoms with Gasteiger partial charge in [0.15, 0.2) is 0 Å². The Bertz CT molecular complexity index is 1000. The minimum Gasteiger partial charge on any atom is -0.339 e. The van der Waals surface area contributed by atoms with E-state index in [1.54, 1.807) is 0 Å². The van der Waals surface area contributed by atoms with Gasteiger partial charge >= 0.3 is 0 Å². The number of nitrogens with zero attached hydrogens (tertiary/aromatic N) is 1. The van der Waals surface area contributed by atoms with Crippen molar-refractivity contribution in [1.82, 2.24) is 0 Å². The number of rotatable bonds is 12. The summed E-state index contributed by atoms with van der Waals surface area (Å²) in [6, 6.07) is 21.5. The van der Waals surface area contributed by atoms with Gasteiger partial charge in [0.1, 0.15) is 5.84 Å². The van der Waals surface area contributed by atoms with Crippen molar-refractivity contribution in [2.45, 2.75) is 77.6 Å². The molecule has 1 heterocycles. The molecule has 0 unspecified atom stereocenters. The van der Waals surface area contributed by atoms with Crippen molar-refractivity contribution in [3.05, 3.63) is 71.8 Å². The second-order valence-corrected chi connectivity index (χ2v) is 8.86. The van der Waals surface area contributed by atoms with Gasteiger partial charge in [0, 0.05) is 16.6 Å². The summed E-state index contributed by atoms with van der Waals surface area (Å²) in [4.78, 5) is 5.10. The van der Waals surface area contributed by atoms with E-state index in [9.17, 15) is 0 Å². The van der Waals surface area contributed by atoms with Gasteiger partial charge in [-0.2, -0.15) is 0 Å². The van der Waals surface area contributed by atoms with E-state index in [1.807, 2.05) is 0 Å². The Labute approximate surface area is 187 Å². The molecular weight excluding hydrogens is 376 g/mol. The molecular formula is C29H36N2. The maximum Gasteiger partial charge on any atom is 0.138 e. The molecule has 3 aromatic carbocycles. The highest BCUT2D eigenvalue weighted by Gasteiger charge is 2.18. The van der Waals surface area contributed by atoms with Crippen LogP contribution in [0.25, 0.3) is 10.8 Å². The largest absolute Gasteiger partial charge is 0.339 e. The van der Waals surface area contributed by atoms with E-state index >= 15 is 0 Å². The Balaban J connectivity index is 1.39. The molecule has 1 N–H and O–H groups in total. The lowest BCUT2D eigenvalue weighted by Crippen LogP contribution is -2.16. The molecule has 0 saturated carbocycles. The fourth-order valence-corrected chi connectivity index (χ4v) is 4.64. The van der Waals surface area contributed by atoms with Gasteiger partial charge in [-0.15, -0.1) is 0 Å². The summed E-state index contributed by atoms with van der Waals surface area (Å²) in [5.74, 6) is 0.955. The summed E-state index contributed by atoms with van der Waals surface area (Å²) < 4.78 is 0. The first-order chi connectivity index (χ1) is 15.4. The highest BCUT2D eigenvalue weighted by molar-refractivity contribution is 6.19. The van der Waals surface area contributed by atoms with E-state index in [2.05, 4.69) is 72.9 Å². The molecule has 1 aliphatic heterocycles. The van der Waals surface area contributed by atoms with E-state index in [-0.39, 0.29) is 0 Å². The number of aliphatic imine (C=N–C) groups is 1. The Morgan fingerprint density at radius 1 is 0.677 bits per heavy atom. The minimum absolute atomic E-state index is 0.955. The van der Waals surface area contributed by atoms with Crippen LogP contribution >= 0.6 is 0 Å². The highest BCUT2D eigenvalue weighted by atomic mass is 15.0. The minimum atomic E-state index is 0.955. The molecule has 0 aromatic heterocycles. The van der Waals surface area contributed by atoms with Crippen molar-refractivity contribution >= 4 is 28.0 Å². The lowest BCUT2D eigenvalue weighted by Gasteiger charge is -2.21. The van der Waals surface area contributed by atoms with E-state index < -0.39 is 0 Å². The van der Waals surface area contributed by atoms with Gasteiger partial charge in [-0.1, -0.05) is 119 Å². The molecule has 1 aliphatic rings. The number of hydrogen-bond acceptors (Lipinski definition) is 2. The summed E-state index contributed by atoms with van der Waals surface area (Å²) in [5.41, 5.74) is 4.86. The lowest BCUT2D eigenvalue weighted by molar-refractivity contribution is 0.556. The Hall–Kier alpha value is -2.61. The number of aryl methyl sites for hydroxylation is 1. The average Bonchev–Trinajstić information content (AvgIpc) is 2.82. The number of hydrogen-bond donors (Lipinski definition) is 1. The quantitative estimate of drug-likeness (QED) is 0.295. The van der Waals surface area contributed by atoms with Crippen molar-refractivity contribution in [3.8, 4) is 0 Å². The third-order valence-corrected chi connectivity index (χ3v) is 6.43. The van der Waals surface area contributed by atoms with E-state index in [4.69, 9.17) is 4.99 Å². The van der Waals surface area contributed by atoms with Crippen molar-refractivity contribution in [3.63, 3.8) is 0 Å². The fourth-order valence-electron chi connectivity index (χ4n) is 4.64. The van der Waals surface area contributed by atoms with Crippen LogP contribution in [0.5, 0.6) is 0 Å². The van der Waals surface area contributed by atoms with Crippen molar-refractivity contribution in [2.24, 2.45) is 4.99 Å². The van der Waals surface area contributed by atoms with Crippen LogP contribution in [0.2, 0.25) is 0 Å². The van der Waals surface area contributed by atoms with Crippen molar-refractivity contribution in [1.29, 1.82) is 0 Å². The predicted octanol–water partition coefficient (Wildman–Crippen LogP) is 8.81. The number of amidine groups is 1. The molecule has 0 saturated heterocycles. The van der Waals surface area contributed by atoms with Gasteiger partial charge < -0.3 is 5.32 Å². The standard InChI is InChI=1S/C29H36N2/c1-2-3-4-5-6-7-8-9-10-12-16-24-22-21-23-19-15-20-26-27(23)28(24)31-29(30-26)25-17-13-11-14-18-25/h11,13-15,17-22H,2-10,12,16H2,1H3,(H,30,31). The Kier molecular flexibility index (Phi) is 7.76.